The summed E-state index contributed by atoms with van der Waals surface area (Å²) >= 11 is 0. The molecule has 0 aliphatic heterocycles. The fourth-order valence-electron chi connectivity index (χ4n) is 4.14. The van der Waals surface area contributed by atoms with Crippen LogP contribution < -0.4 is 14.2 Å². The highest BCUT2D eigenvalue weighted by Gasteiger charge is 2.24. The van der Waals surface area contributed by atoms with Gasteiger partial charge in [-0.15, -0.1) is 0 Å². The van der Waals surface area contributed by atoms with Crippen LogP contribution in [0.4, 0.5) is 0 Å². The molecule has 0 saturated heterocycles. The van der Waals surface area contributed by atoms with Gasteiger partial charge in [0, 0.05) is 43.8 Å². The van der Waals surface area contributed by atoms with E-state index in [9.17, 15) is 13.5 Å². The molecule has 2 aromatic carbocycles. The lowest BCUT2D eigenvalue weighted by Gasteiger charge is -2.17. The summed E-state index contributed by atoms with van der Waals surface area (Å²) in [5.74, 6) is 1.14. The van der Waals surface area contributed by atoms with Crippen molar-refractivity contribution >= 4 is 20.9 Å². The van der Waals surface area contributed by atoms with E-state index in [1.54, 1.807) is 36.2 Å². The van der Waals surface area contributed by atoms with Gasteiger partial charge in [0.1, 0.15) is 10.6 Å². The Morgan fingerprint density at radius 1 is 1.02 bits per heavy atom. The van der Waals surface area contributed by atoms with E-state index in [1.165, 1.54) is 13.3 Å². The first-order chi connectivity index (χ1) is 19.2. The van der Waals surface area contributed by atoms with Gasteiger partial charge in [-0.3, -0.25) is 4.68 Å². The SMILES string of the molecule is COc1cc(Cc2nc3ccccc3nc2CS(=O)(=O)c2cnn(CCN(C)C)c2)c(OCCCO)c(OC)c1. The lowest BCUT2D eigenvalue weighted by molar-refractivity contribution is 0.226. The Balaban J connectivity index is 1.74. The minimum Gasteiger partial charge on any atom is -0.497 e. The monoisotopic (exact) mass is 569 g/mol. The van der Waals surface area contributed by atoms with Gasteiger partial charge < -0.3 is 24.2 Å². The van der Waals surface area contributed by atoms with Crippen LogP contribution in [-0.2, 0) is 28.6 Å². The summed E-state index contributed by atoms with van der Waals surface area (Å²) < 4.78 is 45.7. The second kappa shape index (κ2) is 13.1. The Labute approximate surface area is 234 Å². The largest absolute Gasteiger partial charge is 0.497 e. The fourth-order valence-corrected chi connectivity index (χ4v) is 5.39. The Bertz CT molecular complexity index is 1550. The highest BCUT2D eigenvalue weighted by atomic mass is 32.2. The Morgan fingerprint density at radius 2 is 1.75 bits per heavy atom. The quantitative estimate of drug-likeness (QED) is 0.226. The van der Waals surface area contributed by atoms with Crippen LogP contribution in [0.5, 0.6) is 17.2 Å². The number of hydrogen-bond donors (Lipinski definition) is 1. The molecule has 214 valence electrons. The molecule has 4 rings (SSSR count). The standard InChI is InChI=1S/C28H35N5O6S/c1-32(2)10-11-33-18-22(17-29-33)40(35,36)19-26-25(30-23-8-5-6-9-24(23)31-26)15-20-14-21(37-3)16-27(38-4)28(20)39-13-7-12-34/h5-6,8-9,14,16-18,34H,7,10-13,15,19H2,1-4H3. The maximum Gasteiger partial charge on any atom is 0.187 e. The first kappa shape index (κ1) is 29.2. The predicted molar refractivity (Wildman–Crippen MR) is 151 cm³/mol. The molecule has 0 unspecified atom stereocenters. The van der Waals surface area contributed by atoms with Crippen molar-refractivity contribution in [2.45, 2.75) is 30.0 Å². The van der Waals surface area contributed by atoms with Crippen molar-refractivity contribution in [2.24, 2.45) is 0 Å². The van der Waals surface area contributed by atoms with E-state index < -0.39 is 9.84 Å². The predicted octanol–water partition coefficient (Wildman–Crippen LogP) is 2.73. The molecule has 0 spiro atoms. The minimum absolute atomic E-state index is 0.0162. The normalized spacial score (nSPS) is 11.8. The second-order valence-electron chi connectivity index (χ2n) is 9.53. The third kappa shape index (κ3) is 7.06. The van der Waals surface area contributed by atoms with Crippen LogP contribution in [0.15, 0.2) is 53.7 Å². The molecule has 0 saturated carbocycles. The molecule has 0 radical (unpaired) electrons. The van der Waals surface area contributed by atoms with E-state index in [0.29, 0.717) is 58.2 Å². The second-order valence-corrected chi connectivity index (χ2v) is 11.5. The molecule has 2 heterocycles. The van der Waals surface area contributed by atoms with Gasteiger partial charge in [0.05, 0.1) is 61.7 Å². The van der Waals surface area contributed by atoms with E-state index in [2.05, 4.69) is 5.10 Å². The molecule has 0 bridgehead atoms. The number of methoxy groups -OCH3 is 2. The molecule has 0 fully saturated rings. The fraction of sp³-hybridized carbons (Fsp3) is 0.393. The minimum atomic E-state index is -3.78. The Kier molecular flexibility index (Phi) is 9.56. The zero-order valence-corrected chi connectivity index (χ0v) is 24.0. The lowest BCUT2D eigenvalue weighted by Crippen LogP contribution is -2.18. The zero-order chi connectivity index (χ0) is 28.7. The number of rotatable bonds is 14. The van der Waals surface area contributed by atoms with E-state index in [1.807, 2.05) is 37.2 Å². The summed E-state index contributed by atoms with van der Waals surface area (Å²) in [5, 5.41) is 13.5. The van der Waals surface area contributed by atoms with Crippen molar-refractivity contribution in [3.05, 3.63) is 65.7 Å². The summed E-state index contributed by atoms with van der Waals surface area (Å²) in [5.41, 5.74) is 2.76. The van der Waals surface area contributed by atoms with Gasteiger partial charge in [0.15, 0.2) is 21.3 Å². The van der Waals surface area contributed by atoms with Crippen LogP contribution in [0, 0.1) is 0 Å². The molecule has 1 N–H and O–H groups in total. The van der Waals surface area contributed by atoms with Crippen LogP contribution >= 0.6 is 0 Å². The van der Waals surface area contributed by atoms with Gasteiger partial charge in [-0.2, -0.15) is 5.10 Å². The van der Waals surface area contributed by atoms with Crippen LogP contribution in [0.25, 0.3) is 11.0 Å². The van der Waals surface area contributed by atoms with Gasteiger partial charge in [0.2, 0.25) is 0 Å². The molecule has 4 aromatic rings. The Hall–Kier alpha value is -3.74. The Morgan fingerprint density at radius 3 is 2.40 bits per heavy atom. The van der Waals surface area contributed by atoms with Crippen molar-refractivity contribution < 1.29 is 27.7 Å². The molecule has 0 amide bonds. The molecule has 0 aliphatic carbocycles. The molecule has 0 atom stereocenters. The van der Waals surface area contributed by atoms with Crippen LogP contribution in [0.2, 0.25) is 0 Å². The smallest absolute Gasteiger partial charge is 0.187 e. The zero-order valence-electron chi connectivity index (χ0n) is 23.2. The van der Waals surface area contributed by atoms with Crippen molar-refractivity contribution in [3.63, 3.8) is 0 Å². The van der Waals surface area contributed by atoms with Gasteiger partial charge in [-0.25, -0.2) is 18.4 Å². The number of hydrogen-bond acceptors (Lipinski definition) is 10. The average Bonchev–Trinajstić information content (AvgIpc) is 3.43. The number of aliphatic hydroxyl groups is 1. The van der Waals surface area contributed by atoms with Gasteiger partial charge >= 0.3 is 0 Å². The number of sulfone groups is 1. The molecular formula is C28H35N5O6S. The van der Waals surface area contributed by atoms with Crippen molar-refractivity contribution in [2.75, 3.05) is 48.1 Å². The number of nitrogens with zero attached hydrogens (tertiary/aromatic N) is 5. The van der Waals surface area contributed by atoms with Crippen molar-refractivity contribution in [3.8, 4) is 17.2 Å². The number of aliphatic hydroxyl groups excluding tert-OH is 1. The summed E-state index contributed by atoms with van der Waals surface area (Å²) in [6, 6.07) is 10.9. The summed E-state index contributed by atoms with van der Waals surface area (Å²) in [7, 11) is 3.20. The van der Waals surface area contributed by atoms with Crippen molar-refractivity contribution in [1.29, 1.82) is 0 Å². The molecule has 40 heavy (non-hydrogen) atoms. The highest BCUT2D eigenvalue weighted by Crippen LogP contribution is 2.37. The highest BCUT2D eigenvalue weighted by molar-refractivity contribution is 7.90. The van der Waals surface area contributed by atoms with Crippen LogP contribution in [0.3, 0.4) is 0 Å². The van der Waals surface area contributed by atoms with Gasteiger partial charge in [-0.1, -0.05) is 12.1 Å². The average molecular weight is 570 g/mol. The number of likely N-dealkylation sites (N-methyl/N-ethyl adjacent to an activating group) is 1. The van der Waals surface area contributed by atoms with Gasteiger partial charge in [-0.05, 0) is 32.3 Å². The topological polar surface area (TPSA) is 129 Å². The number of aromatic nitrogens is 4. The van der Waals surface area contributed by atoms with Crippen LogP contribution in [-0.4, -0.2) is 86.2 Å². The summed E-state index contributed by atoms with van der Waals surface area (Å²) in [6.45, 7) is 1.56. The first-order valence-corrected chi connectivity index (χ1v) is 14.5. The molecule has 11 nitrogen and oxygen atoms in total. The summed E-state index contributed by atoms with van der Waals surface area (Å²) in [6.07, 6.45) is 3.58. The molecule has 0 aliphatic rings. The third-order valence-electron chi connectivity index (χ3n) is 6.27. The lowest BCUT2D eigenvalue weighted by atomic mass is 10.1. The maximum absolute atomic E-state index is 13.5. The van der Waals surface area contributed by atoms with E-state index in [0.717, 1.165) is 6.54 Å². The number of fused-ring (bicyclic) bond motifs is 1. The summed E-state index contributed by atoms with van der Waals surface area (Å²) in [4.78, 5) is 11.7. The van der Waals surface area contributed by atoms with Gasteiger partial charge in [0.25, 0.3) is 0 Å². The molecule has 2 aromatic heterocycles. The third-order valence-corrected chi connectivity index (χ3v) is 7.85. The van der Waals surface area contributed by atoms with E-state index >= 15 is 0 Å². The number of para-hydroxylation sites is 2. The molecule has 12 heteroatoms. The van der Waals surface area contributed by atoms with Crippen molar-refractivity contribution in [1.82, 2.24) is 24.6 Å². The van der Waals surface area contributed by atoms with E-state index in [-0.39, 0.29) is 30.3 Å². The molecular weight excluding hydrogens is 534 g/mol. The van der Waals surface area contributed by atoms with Crippen LogP contribution in [0.1, 0.15) is 23.4 Å². The maximum atomic E-state index is 13.5. The van der Waals surface area contributed by atoms with E-state index in [4.69, 9.17) is 24.2 Å². The number of ether oxygens (including phenoxy) is 3. The number of benzene rings is 2. The first-order valence-electron chi connectivity index (χ1n) is 12.9.